The van der Waals surface area contributed by atoms with Crippen LogP contribution >= 0.6 is 0 Å². The topological polar surface area (TPSA) is 237 Å². The molecule has 9 rings (SSSR count). The Morgan fingerprint density at radius 2 is 1.68 bits per heavy atom. The molecular formula is C59H76N14O6. The van der Waals surface area contributed by atoms with Gasteiger partial charge in [0.15, 0.2) is 0 Å². The number of aromatic nitrogens is 6. The van der Waals surface area contributed by atoms with Gasteiger partial charge in [-0.3, -0.25) is 38.5 Å². The van der Waals surface area contributed by atoms with Crippen LogP contribution in [0.1, 0.15) is 114 Å². The van der Waals surface area contributed by atoms with Crippen molar-refractivity contribution >= 4 is 46.0 Å². The Balaban J connectivity index is 0.695. The fraction of sp³-hybridized carbons (Fsp3) is 0.475. The molecule has 6 N–H and O–H groups in total. The third kappa shape index (κ3) is 14.9. The van der Waals surface area contributed by atoms with Crippen LogP contribution in [0.2, 0.25) is 0 Å². The predicted molar refractivity (Wildman–Crippen MR) is 304 cm³/mol. The minimum atomic E-state index is -0.685. The number of amides is 4. The maximum absolute atomic E-state index is 14.0. The molecule has 20 nitrogen and oxygen atoms in total. The zero-order chi connectivity index (χ0) is 55.1. The van der Waals surface area contributed by atoms with Gasteiger partial charge in [0.1, 0.15) is 17.5 Å². The number of nitrogens with zero attached hydrogens (tertiary/aromatic N) is 8. The number of H-pyrrole nitrogens is 1. The number of benzene rings is 2. The smallest absolute Gasteiger partial charge is 0.269 e. The van der Waals surface area contributed by atoms with Gasteiger partial charge in [-0.1, -0.05) is 49.6 Å². The van der Waals surface area contributed by atoms with Crippen molar-refractivity contribution in [2.45, 2.75) is 103 Å². The number of hydrogen-bond donors (Lipinski definition) is 6. The summed E-state index contributed by atoms with van der Waals surface area (Å²) in [7, 11) is 1.65. The van der Waals surface area contributed by atoms with Crippen molar-refractivity contribution in [3.63, 3.8) is 0 Å². The number of carbonyl (C=O) groups is 4. The van der Waals surface area contributed by atoms with E-state index in [1.165, 1.54) is 0 Å². The minimum Gasteiger partial charge on any atom is -0.497 e. The van der Waals surface area contributed by atoms with E-state index in [0.717, 1.165) is 135 Å². The molecular weight excluding hydrogens is 1000 g/mol. The van der Waals surface area contributed by atoms with Gasteiger partial charge in [-0.05, 0) is 104 Å². The monoisotopic (exact) mass is 1080 g/mol. The number of aryl methyl sites for hydroxylation is 1. The van der Waals surface area contributed by atoms with Crippen LogP contribution < -0.4 is 41.8 Å². The molecule has 1 aliphatic carbocycles. The van der Waals surface area contributed by atoms with E-state index in [4.69, 9.17) is 4.74 Å². The second-order valence-electron chi connectivity index (χ2n) is 21.0. The van der Waals surface area contributed by atoms with E-state index in [9.17, 15) is 24.0 Å². The molecule has 20 heteroatoms. The van der Waals surface area contributed by atoms with Crippen LogP contribution in [0.15, 0.2) is 90.1 Å². The number of piperazine rings is 1. The van der Waals surface area contributed by atoms with Gasteiger partial charge in [0.2, 0.25) is 11.8 Å². The first-order chi connectivity index (χ1) is 38.5. The second-order valence-corrected chi connectivity index (χ2v) is 21.0. The quantitative estimate of drug-likeness (QED) is 0.0484. The number of methoxy groups -OCH3 is 1. The first-order valence-corrected chi connectivity index (χ1v) is 28.2. The van der Waals surface area contributed by atoms with Crippen LogP contribution in [0.3, 0.4) is 0 Å². The second kappa shape index (κ2) is 27.2. The lowest BCUT2D eigenvalue weighted by Crippen LogP contribution is -2.51. The third-order valence-electron chi connectivity index (χ3n) is 15.6. The average Bonchev–Trinajstić information content (AvgIpc) is 3.94. The van der Waals surface area contributed by atoms with Crippen LogP contribution in [0, 0.1) is 5.92 Å². The Labute approximate surface area is 461 Å². The van der Waals surface area contributed by atoms with Crippen LogP contribution in [0.5, 0.6) is 5.75 Å². The molecule has 4 aromatic heterocycles. The van der Waals surface area contributed by atoms with Gasteiger partial charge in [0.25, 0.3) is 17.4 Å². The highest BCUT2D eigenvalue weighted by Crippen LogP contribution is 2.30. The molecule has 6 aromatic rings. The van der Waals surface area contributed by atoms with Crippen LogP contribution in [0.4, 0.5) is 11.4 Å². The van der Waals surface area contributed by atoms with Crippen molar-refractivity contribution in [2.24, 2.45) is 5.92 Å². The van der Waals surface area contributed by atoms with E-state index in [2.05, 4.69) is 61.6 Å². The molecule has 0 bridgehead atoms. The molecule has 1 unspecified atom stereocenters. The number of piperidine rings is 1. The number of fused-ring (bicyclic) bond motifs is 1. The van der Waals surface area contributed by atoms with Crippen molar-refractivity contribution in [1.82, 2.24) is 61.0 Å². The van der Waals surface area contributed by atoms with Gasteiger partial charge in [-0.2, -0.15) is 0 Å². The maximum Gasteiger partial charge on any atom is 0.269 e. The standard InChI is InChI=1S/C59H76N14O6/c1-4-41-31-52-53(66-56(41)75)29-40(33-64-52)37-70-25-27-71(28-26-70)48-17-19-50(65-35-48)58(77)63-22-24-73-39-47(68-69-73)20-21-62-59(78)55(42-11-7-6-8-12-42)67-57(76)44-14-9-13-43(30-44)46-15-10-23-72(38-46)54(74)36-60-34-45-16-18-49(79-3)32-51(45)61-5-2/h9,13-14,16-19,29-33,35,39,42,46,55,60-61H,4-8,10-12,15,20-28,34,36-38H2,1-3H3,(H,62,78)(H,63,77)(H,66,75)(H,67,76)/t46?,55-/m1/s1. The summed E-state index contributed by atoms with van der Waals surface area (Å²) in [5.74, 6) is 0.143. The summed E-state index contributed by atoms with van der Waals surface area (Å²) in [5, 5.41) is 24.4. The highest BCUT2D eigenvalue weighted by Gasteiger charge is 2.32. The van der Waals surface area contributed by atoms with Gasteiger partial charge < -0.3 is 46.1 Å². The average molecular weight is 1080 g/mol. The van der Waals surface area contributed by atoms with Gasteiger partial charge in [-0.15, -0.1) is 5.10 Å². The van der Waals surface area contributed by atoms with E-state index < -0.39 is 6.04 Å². The zero-order valence-corrected chi connectivity index (χ0v) is 45.9. The molecule has 2 aromatic carbocycles. The summed E-state index contributed by atoms with van der Waals surface area (Å²) in [6.45, 7) is 11.9. The minimum absolute atomic E-state index is 0.0223. The lowest BCUT2D eigenvalue weighted by atomic mass is 9.83. The molecule has 79 heavy (non-hydrogen) atoms. The van der Waals surface area contributed by atoms with Gasteiger partial charge >= 0.3 is 0 Å². The number of likely N-dealkylation sites (tertiary alicyclic amines) is 1. The van der Waals surface area contributed by atoms with E-state index in [0.29, 0.717) is 69.1 Å². The number of ether oxygens (including phenoxy) is 1. The van der Waals surface area contributed by atoms with Crippen molar-refractivity contribution < 1.29 is 23.9 Å². The van der Waals surface area contributed by atoms with Crippen LogP contribution in [-0.4, -0.2) is 142 Å². The predicted octanol–water partition coefficient (Wildman–Crippen LogP) is 5.20. The van der Waals surface area contributed by atoms with Crippen LogP contribution in [-0.2, 0) is 42.1 Å². The number of carbonyl (C=O) groups excluding carboxylic acids is 4. The molecule has 0 radical (unpaired) electrons. The Kier molecular flexibility index (Phi) is 19.3. The number of hydrogen-bond acceptors (Lipinski definition) is 14. The lowest BCUT2D eigenvalue weighted by Gasteiger charge is -2.36. The van der Waals surface area contributed by atoms with E-state index in [-0.39, 0.29) is 47.6 Å². The summed E-state index contributed by atoms with van der Waals surface area (Å²) < 4.78 is 7.05. The molecule has 2 saturated heterocycles. The molecule has 418 valence electrons. The molecule has 3 fully saturated rings. The number of pyridine rings is 3. The SMILES string of the molecule is CCNc1cc(OC)ccc1CNCC(=O)N1CCCC(c2cccc(C(=O)N[C@@H](C(=O)NCCc3cn(CCNC(=O)c4ccc(N5CCN(Cc6cnc7cc(CC)c(=O)[nH]c7c6)CC5)cn4)nn3)C3CCCCC3)c2)C1. The highest BCUT2D eigenvalue weighted by molar-refractivity contribution is 5.98. The van der Waals surface area contributed by atoms with Crippen molar-refractivity contribution in [3.8, 4) is 5.75 Å². The zero-order valence-electron chi connectivity index (χ0n) is 45.9. The van der Waals surface area contributed by atoms with Crippen molar-refractivity contribution in [2.75, 3.05) is 82.8 Å². The molecule has 0 spiro atoms. The van der Waals surface area contributed by atoms with E-state index >= 15 is 0 Å². The van der Waals surface area contributed by atoms with Gasteiger partial charge in [0.05, 0.1) is 48.8 Å². The van der Waals surface area contributed by atoms with Crippen molar-refractivity contribution in [3.05, 3.63) is 135 Å². The number of anilines is 2. The fourth-order valence-corrected chi connectivity index (χ4v) is 11.1. The molecule has 3 aliphatic rings. The highest BCUT2D eigenvalue weighted by atomic mass is 16.5. The maximum atomic E-state index is 14.0. The molecule has 4 amide bonds. The van der Waals surface area contributed by atoms with Crippen LogP contribution in [0.25, 0.3) is 11.0 Å². The molecule has 6 heterocycles. The first kappa shape index (κ1) is 56.0. The Hall–Kier alpha value is -7.71. The third-order valence-corrected chi connectivity index (χ3v) is 15.6. The normalized spacial score (nSPS) is 16.6. The molecule has 2 aliphatic heterocycles. The van der Waals surface area contributed by atoms with Crippen molar-refractivity contribution in [1.29, 1.82) is 0 Å². The first-order valence-electron chi connectivity index (χ1n) is 28.2. The number of aromatic amines is 1. The fourth-order valence-electron chi connectivity index (χ4n) is 11.1. The Morgan fingerprint density at radius 3 is 2.47 bits per heavy atom. The summed E-state index contributed by atoms with van der Waals surface area (Å²) in [5.41, 5.74) is 8.79. The Bertz CT molecular complexity index is 3090. The van der Waals surface area contributed by atoms with Gasteiger partial charge in [-0.25, -0.2) is 4.98 Å². The summed E-state index contributed by atoms with van der Waals surface area (Å²) >= 11 is 0. The number of rotatable bonds is 23. The summed E-state index contributed by atoms with van der Waals surface area (Å²) in [6.07, 6.45) is 13.2. The van der Waals surface area contributed by atoms with Gasteiger partial charge in [0, 0.05) is 120 Å². The van der Waals surface area contributed by atoms with E-state index in [1.807, 2.05) is 85.7 Å². The number of nitrogens with one attached hydrogen (secondary N) is 6. The summed E-state index contributed by atoms with van der Waals surface area (Å²) in [6, 6.07) is 20.4. The molecule has 2 atom stereocenters. The van der Waals surface area contributed by atoms with E-state index in [1.54, 1.807) is 30.1 Å². The summed E-state index contributed by atoms with van der Waals surface area (Å²) in [4.78, 5) is 85.3. The Morgan fingerprint density at radius 1 is 0.835 bits per heavy atom. The lowest BCUT2D eigenvalue weighted by molar-refractivity contribution is -0.131. The molecule has 1 saturated carbocycles. The largest absolute Gasteiger partial charge is 0.497 e.